The van der Waals surface area contributed by atoms with E-state index in [1.54, 1.807) is 0 Å². The highest BCUT2D eigenvalue weighted by Crippen LogP contribution is 2.16. The molecule has 0 aromatic carbocycles. The Balaban J connectivity index is 1.71. The van der Waals surface area contributed by atoms with Crippen molar-refractivity contribution in [3.63, 3.8) is 0 Å². The summed E-state index contributed by atoms with van der Waals surface area (Å²) in [7, 11) is 0. The van der Waals surface area contributed by atoms with Crippen LogP contribution in [0, 0.1) is 5.92 Å². The molecular formula is C13H24N4O. The van der Waals surface area contributed by atoms with Crippen molar-refractivity contribution >= 4 is 5.95 Å². The standard InChI is InChI=1S/C13H24N4O/c1-3-5-12-15-13(16-18-12)14-9-11-6-8-17(10-11)7-4-2/h11H,3-10H2,1-2H3,(H,14,16). The smallest absolute Gasteiger partial charge is 0.263 e. The van der Waals surface area contributed by atoms with Crippen LogP contribution in [0.25, 0.3) is 0 Å². The van der Waals surface area contributed by atoms with Crippen LogP contribution in [0.4, 0.5) is 5.95 Å². The molecule has 0 spiro atoms. The second-order valence-electron chi connectivity index (χ2n) is 5.10. The van der Waals surface area contributed by atoms with Crippen LogP contribution < -0.4 is 5.32 Å². The maximum Gasteiger partial charge on any atom is 0.263 e. The third-order valence-corrected chi connectivity index (χ3v) is 3.39. The Labute approximate surface area is 109 Å². The van der Waals surface area contributed by atoms with Gasteiger partial charge in [0.25, 0.3) is 5.95 Å². The maximum atomic E-state index is 5.15. The number of aromatic nitrogens is 2. The normalized spacial score (nSPS) is 20.4. The molecule has 0 bridgehead atoms. The molecule has 0 amide bonds. The fraction of sp³-hybridized carbons (Fsp3) is 0.846. The number of nitrogens with one attached hydrogen (secondary N) is 1. The highest BCUT2D eigenvalue weighted by atomic mass is 16.5. The van der Waals surface area contributed by atoms with Crippen molar-refractivity contribution in [2.45, 2.75) is 39.5 Å². The van der Waals surface area contributed by atoms with Gasteiger partial charge in [0.05, 0.1) is 0 Å². The van der Waals surface area contributed by atoms with Gasteiger partial charge in [0.15, 0.2) is 0 Å². The van der Waals surface area contributed by atoms with Gasteiger partial charge >= 0.3 is 0 Å². The monoisotopic (exact) mass is 252 g/mol. The number of hydrogen-bond acceptors (Lipinski definition) is 5. The maximum absolute atomic E-state index is 5.15. The molecule has 102 valence electrons. The predicted octanol–water partition coefficient (Wildman–Crippen LogP) is 2.17. The quantitative estimate of drug-likeness (QED) is 0.806. The molecule has 1 N–H and O–H groups in total. The van der Waals surface area contributed by atoms with E-state index in [4.69, 9.17) is 4.52 Å². The molecule has 1 fully saturated rings. The zero-order valence-corrected chi connectivity index (χ0v) is 11.5. The van der Waals surface area contributed by atoms with Gasteiger partial charge in [-0.15, -0.1) is 0 Å². The molecule has 1 unspecified atom stereocenters. The van der Waals surface area contributed by atoms with Gasteiger partial charge in [-0.05, 0) is 43.4 Å². The first kappa shape index (κ1) is 13.3. The lowest BCUT2D eigenvalue weighted by Crippen LogP contribution is -2.23. The number of nitrogens with zero attached hydrogens (tertiary/aromatic N) is 3. The molecule has 1 saturated heterocycles. The third kappa shape index (κ3) is 3.70. The van der Waals surface area contributed by atoms with Crippen molar-refractivity contribution in [1.29, 1.82) is 0 Å². The van der Waals surface area contributed by atoms with E-state index in [1.807, 2.05) is 0 Å². The second kappa shape index (κ2) is 6.73. The van der Waals surface area contributed by atoms with E-state index in [1.165, 1.54) is 32.5 Å². The fourth-order valence-corrected chi connectivity index (χ4v) is 2.48. The molecule has 1 atom stereocenters. The van der Waals surface area contributed by atoms with Gasteiger partial charge in [-0.1, -0.05) is 13.8 Å². The molecule has 5 heteroatoms. The number of anilines is 1. The first-order valence-corrected chi connectivity index (χ1v) is 7.10. The van der Waals surface area contributed by atoms with E-state index in [-0.39, 0.29) is 0 Å². The van der Waals surface area contributed by atoms with Crippen molar-refractivity contribution < 1.29 is 4.52 Å². The molecule has 1 aliphatic heterocycles. The number of aryl methyl sites for hydroxylation is 1. The van der Waals surface area contributed by atoms with Gasteiger partial charge in [-0.3, -0.25) is 0 Å². The SMILES string of the molecule is CCCc1nc(NCC2CCN(CCC)C2)no1. The van der Waals surface area contributed by atoms with Gasteiger partial charge in [-0.2, -0.15) is 4.98 Å². The van der Waals surface area contributed by atoms with Gasteiger partial charge in [0.2, 0.25) is 5.89 Å². The van der Waals surface area contributed by atoms with Crippen molar-refractivity contribution in [1.82, 2.24) is 15.0 Å². The molecule has 1 aliphatic rings. The molecule has 0 aliphatic carbocycles. The van der Waals surface area contributed by atoms with Crippen LogP contribution in [0.15, 0.2) is 4.52 Å². The van der Waals surface area contributed by atoms with E-state index in [2.05, 4.69) is 34.2 Å². The van der Waals surface area contributed by atoms with Crippen molar-refractivity contribution in [2.75, 3.05) is 31.5 Å². The summed E-state index contributed by atoms with van der Waals surface area (Å²) < 4.78 is 5.15. The third-order valence-electron chi connectivity index (χ3n) is 3.39. The Bertz CT molecular complexity index is 353. The fourth-order valence-electron chi connectivity index (χ4n) is 2.48. The summed E-state index contributed by atoms with van der Waals surface area (Å²) in [6, 6.07) is 0. The van der Waals surface area contributed by atoms with Crippen LogP contribution in [0.2, 0.25) is 0 Å². The molecule has 0 saturated carbocycles. The van der Waals surface area contributed by atoms with Crippen molar-refractivity contribution in [3.05, 3.63) is 5.89 Å². The van der Waals surface area contributed by atoms with E-state index >= 15 is 0 Å². The summed E-state index contributed by atoms with van der Waals surface area (Å²) in [5.41, 5.74) is 0. The van der Waals surface area contributed by atoms with Gasteiger partial charge in [0, 0.05) is 19.5 Å². The van der Waals surface area contributed by atoms with E-state index in [0.717, 1.165) is 25.3 Å². The average molecular weight is 252 g/mol. The van der Waals surface area contributed by atoms with Gasteiger partial charge < -0.3 is 14.7 Å². The van der Waals surface area contributed by atoms with Crippen molar-refractivity contribution in [3.8, 4) is 0 Å². The van der Waals surface area contributed by atoms with Gasteiger partial charge in [-0.25, -0.2) is 0 Å². The molecular weight excluding hydrogens is 228 g/mol. The minimum atomic E-state index is 0.646. The zero-order chi connectivity index (χ0) is 12.8. The molecule has 2 heterocycles. The number of hydrogen-bond donors (Lipinski definition) is 1. The Hall–Kier alpha value is -1.10. The highest BCUT2D eigenvalue weighted by molar-refractivity contribution is 5.21. The highest BCUT2D eigenvalue weighted by Gasteiger charge is 2.21. The first-order chi connectivity index (χ1) is 8.81. The largest absolute Gasteiger partial charge is 0.351 e. The summed E-state index contributed by atoms with van der Waals surface area (Å²) in [6.07, 6.45) is 4.41. The van der Waals surface area contributed by atoms with E-state index in [9.17, 15) is 0 Å². The Morgan fingerprint density at radius 3 is 3.06 bits per heavy atom. The lowest BCUT2D eigenvalue weighted by molar-refractivity contribution is 0.327. The number of likely N-dealkylation sites (tertiary alicyclic amines) is 1. The first-order valence-electron chi connectivity index (χ1n) is 7.10. The second-order valence-corrected chi connectivity index (χ2v) is 5.10. The summed E-state index contributed by atoms with van der Waals surface area (Å²) in [5, 5.41) is 7.23. The lowest BCUT2D eigenvalue weighted by atomic mass is 10.1. The average Bonchev–Trinajstić information content (AvgIpc) is 2.97. The van der Waals surface area contributed by atoms with Crippen molar-refractivity contribution in [2.24, 2.45) is 5.92 Å². The summed E-state index contributed by atoms with van der Waals surface area (Å²) in [6.45, 7) is 8.94. The molecule has 1 aromatic heterocycles. The van der Waals surface area contributed by atoms with Crippen LogP contribution in [0.1, 0.15) is 39.0 Å². The predicted molar refractivity (Wildman–Crippen MR) is 71.6 cm³/mol. The zero-order valence-electron chi connectivity index (χ0n) is 11.5. The van der Waals surface area contributed by atoms with Crippen LogP contribution in [0.3, 0.4) is 0 Å². The molecule has 18 heavy (non-hydrogen) atoms. The molecule has 2 rings (SSSR count). The van der Waals surface area contributed by atoms with Crippen LogP contribution >= 0.6 is 0 Å². The minimum absolute atomic E-state index is 0.646. The summed E-state index contributed by atoms with van der Waals surface area (Å²) in [4.78, 5) is 6.85. The summed E-state index contributed by atoms with van der Waals surface area (Å²) >= 11 is 0. The van der Waals surface area contributed by atoms with E-state index < -0.39 is 0 Å². The molecule has 0 radical (unpaired) electrons. The Morgan fingerprint density at radius 2 is 2.28 bits per heavy atom. The van der Waals surface area contributed by atoms with Gasteiger partial charge in [0.1, 0.15) is 0 Å². The lowest BCUT2D eigenvalue weighted by Gasteiger charge is -2.14. The Morgan fingerprint density at radius 1 is 1.39 bits per heavy atom. The van der Waals surface area contributed by atoms with Crippen LogP contribution in [-0.4, -0.2) is 41.2 Å². The van der Waals surface area contributed by atoms with E-state index in [0.29, 0.717) is 11.9 Å². The summed E-state index contributed by atoms with van der Waals surface area (Å²) in [5.74, 6) is 2.09. The van der Waals surface area contributed by atoms with Crippen LogP contribution in [-0.2, 0) is 6.42 Å². The van der Waals surface area contributed by atoms with Crippen LogP contribution in [0.5, 0.6) is 0 Å². The molecule has 5 nitrogen and oxygen atoms in total. The number of rotatable bonds is 7. The minimum Gasteiger partial charge on any atom is -0.351 e. The molecule has 1 aromatic rings. The Kier molecular flexibility index (Phi) is 4.99. The topological polar surface area (TPSA) is 54.2 Å².